The van der Waals surface area contributed by atoms with E-state index in [-0.39, 0.29) is 23.0 Å². The van der Waals surface area contributed by atoms with E-state index in [4.69, 9.17) is 13.8 Å². The first-order valence-electron chi connectivity index (χ1n) is 12.9. The number of aromatic nitrogens is 3. The molecule has 1 amide bonds. The summed E-state index contributed by atoms with van der Waals surface area (Å²) in [6.07, 6.45) is 6.55. The van der Waals surface area contributed by atoms with Crippen LogP contribution in [0.4, 0.5) is 19.3 Å². The molecule has 0 aliphatic carbocycles. The molecule has 0 saturated carbocycles. The van der Waals surface area contributed by atoms with Crippen LogP contribution in [0.15, 0.2) is 53.9 Å². The zero-order valence-electron chi connectivity index (χ0n) is 23.1. The highest BCUT2D eigenvalue weighted by Gasteiger charge is 2.34. The van der Waals surface area contributed by atoms with Gasteiger partial charge in [0, 0.05) is 28.5 Å². The lowest BCUT2D eigenvalue weighted by atomic mass is 9.99. The summed E-state index contributed by atoms with van der Waals surface area (Å²) in [5.74, 6) is -1.11. The number of benzene rings is 2. The van der Waals surface area contributed by atoms with Gasteiger partial charge in [0.05, 0.1) is 37.3 Å². The zero-order chi connectivity index (χ0) is 28.7. The predicted molar refractivity (Wildman–Crippen MR) is 151 cm³/mol. The quantitative estimate of drug-likeness (QED) is 0.352. The summed E-state index contributed by atoms with van der Waals surface area (Å²) in [5.41, 5.74) is 1.73. The lowest BCUT2D eigenvalue weighted by Crippen LogP contribution is -2.28. The van der Waals surface area contributed by atoms with Gasteiger partial charge in [-0.05, 0) is 48.4 Å². The predicted octanol–water partition coefficient (Wildman–Crippen LogP) is 5.54. The van der Waals surface area contributed by atoms with E-state index in [1.165, 1.54) is 29.3 Å². The van der Waals surface area contributed by atoms with Crippen molar-refractivity contribution in [2.45, 2.75) is 50.7 Å². The lowest BCUT2D eigenvalue weighted by Gasteiger charge is -2.44. The molecule has 0 radical (unpaired) electrons. The zero-order valence-corrected chi connectivity index (χ0v) is 24.0. The molecule has 1 unspecified atom stereocenters. The molecule has 2 atom stereocenters. The van der Waals surface area contributed by atoms with Gasteiger partial charge in [0.25, 0.3) is 0 Å². The van der Waals surface area contributed by atoms with Crippen LogP contribution in [0, 0.1) is 11.6 Å². The van der Waals surface area contributed by atoms with E-state index in [0.29, 0.717) is 42.1 Å². The maximum atomic E-state index is 15.2. The highest BCUT2D eigenvalue weighted by Crippen LogP contribution is 2.53. The molecule has 1 aromatic heterocycles. The van der Waals surface area contributed by atoms with Crippen LogP contribution in [0.25, 0.3) is 11.1 Å². The minimum atomic E-state index is -1.32. The summed E-state index contributed by atoms with van der Waals surface area (Å²) in [7, 11) is -1.32. The number of anilines is 1. The van der Waals surface area contributed by atoms with Crippen LogP contribution >= 0.6 is 10.3 Å². The van der Waals surface area contributed by atoms with E-state index >= 15 is 8.78 Å². The second-order valence-corrected chi connectivity index (χ2v) is 15.1. The normalized spacial score (nSPS) is 19.9. The van der Waals surface area contributed by atoms with Gasteiger partial charge in [0.15, 0.2) is 6.10 Å². The van der Waals surface area contributed by atoms with E-state index in [1.807, 2.05) is 0 Å². The number of carbonyl (C=O) groups is 1. The maximum Gasteiger partial charge on any atom is 0.414 e. The van der Waals surface area contributed by atoms with E-state index < -0.39 is 34.1 Å². The number of nitrogens with zero attached hydrogens (tertiary/aromatic N) is 5. The van der Waals surface area contributed by atoms with Crippen molar-refractivity contribution in [1.82, 2.24) is 15.0 Å². The number of carbonyl (C=O) groups excluding carboxylic acids is 1. The number of amides is 1. The summed E-state index contributed by atoms with van der Waals surface area (Å²) in [6.45, 7) is 7.39. The largest absolute Gasteiger partial charge is 0.442 e. The molecule has 1 saturated heterocycles. The molecule has 3 heterocycles. The third kappa shape index (κ3) is 5.83. The molecule has 0 spiro atoms. The van der Waals surface area contributed by atoms with Crippen molar-refractivity contribution in [1.29, 1.82) is 0 Å². The molecular formula is C28H33F2N5O4S. The van der Waals surface area contributed by atoms with Crippen molar-refractivity contribution in [3.8, 4) is 11.1 Å². The van der Waals surface area contributed by atoms with Crippen molar-refractivity contribution < 1.29 is 27.3 Å². The third-order valence-electron chi connectivity index (χ3n) is 7.35. The fraction of sp³-hybridized carbons (Fsp3) is 0.429. The Bertz CT molecular complexity index is 1420. The fourth-order valence-electron chi connectivity index (χ4n) is 4.29. The molecule has 3 aromatic rings. The van der Waals surface area contributed by atoms with Gasteiger partial charge < -0.3 is 13.8 Å². The van der Waals surface area contributed by atoms with Gasteiger partial charge in [0.2, 0.25) is 0 Å². The maximum absolute atomic E-state index is 15.2. The van der Waals surface area contributed by atoms with Crippen LogP contribution in [0.1, 0.15) is 32.8 Å². The van der Waals surface area contributed by atoms with Crippen LogP contribution in [-0.2, 0) is 20.3 Å². The van der Waals surface area contributed by atoms with Crippen LogP contribution in [0.2, 0.25) is 0 Å². The summed E-state index contributed by atoms with van der Waals surface area (Å²) >= 11 is 0. The molecule has 2 aliphatic rings. The van der Waals surface area contributed by atoms with Gasteiger partial charge in [-0.25, -0.2) is 18.3 Å². The van der Waals surface area contributed by atoms with Gasteiger partial charge in [-0.1, -0.05) is 37.2 Å². The monoisotopic (exact) mass is 573 g/mol. The Morgan fingerprint density at radius 3 is 2.50 bits per heavy atom. The highest BCUT2D eigenvalue weighted by molar-refractivity contribution is 8.29. The van der Waals surface area contributed by atoms with Crippen molar-refractivity contribution in [3.63, 3.8) is 0 Å². The second-order valence-electron chi connectivity index (χ2n) is 11.2. The van der Waals surface area contributed by atoms with Crippen LogP contribution in [-0.4, -0.2) is 69.4 Å². The first-order chi connectivity index (χ1) is 18.9. The van der Waals surface area contributed by atoms with Crippen molar-refractivity contribution in [2.75, 3.05) is 30.6 Å². The van der Waals surface area contributed by atoms with E-state index in [9.17, 15) is 4.79 Å². The molecule has 40 heavy (non-hydrogen) atoms. The van der Waals surface area contributed by atoms with Gasteiger partial charge in [-0.2, -0.15) is 0 Å². The van der Waals surface area contributed by atoms with Gasteiger partial charge in [-0.3, -0.25) is 4.90 Å². The minimum Gasteiger partial charge on any atom is -0.442 e. The number of hydrogen-bond acceptors (Lipinski definition) is 7. The molecule has 9 nitrogen and oxygen atoms in total. The molecule has 214 valence electrons. The molecule has 2 aromatic carbocycles. The Hall–Kier alpha value is -3.51. The number of halogens is 2. The average molecular weight is 574 g/mol. The number of ether oxygens (including phenoxy) is 1. The number of rotatable bonds is 8. The van der Waals surface area contributed by atoms with E-state index in [2.05, 4.69) is 48.8 Å². The highest BCUT2D eigenvalue weighted by atomic mass is 32.3. The SMILES string of the molecule is CC(C)(C)S(C)(C)OCC1CC(c2ccc(-c3ccc(N4C[C@H](Cn5ccnn5)OC4=O)cc3F)cc2F)=NO1. The number of oxime groups is 1. The Balaban J connectivity index is 1.24. The molecule has 0 bridgehead atoms. The fourth-order valence-corrected chi connectivity index (χ4v) is 5.13. The smallest absolute Gasteiger partial charge is 0.414 e. The molecule has 0 N–H and O–H groups in total. The Labute approximate surface area is 233 Å². The Kier molecular flexibility index (Phi) is 7.58. The number of hydrogen-bond donors (Lipinski definition) is 0. The standard InChI is InChI=1S/C28H33F2N5O4S/c1-28(2,3)40(4,5)37-17-20-14-26(32-39-20)23-8-6-18(12-24(23)29)22-9-7-19(13-25(22)30)35-16-21(38-27(35)36)15-34-11-10-31-33-34/h6-13,20-21H,14-17H2,1-5H3/t20?,21-/m0/s1. The van der Waals surface area contributed by atoms with Crippen LogP contribution in [0.5, 0.6) is 0 Å². The summed E-state index contributed by atoms with van der Waals surface area (Å²) < 4.78 is 43.5. The van der Waals surface area contributed by atoms with Gasteiger partial charge >= 0.3 is 6.09 Å². The van der Waals surface area contributed by atoms with Crippen LogP contribution < -0.4 is 4.90 Å². The minimum absolute atomic E-state index is 0.0174. The first kappa shape index (κ1) is 28.0. The molecule has 5 rings (SSSR count). The third-order valence-corrected chi connectivity index (χ3v) is 11.0. The van der Waals surface area contributed by atoms with E-state index in [1.54, 1.807) is 29.1 Å². The summed E-state index contributed by atoms with van der Waals surface area (Å²) in [5, 5.41) is 11.7. The van der Waals surface area contributed by atoms with Crippen LogP contribution in [0.3, 0.4) is 0 Å². The lowest BCUT2D eigenvalue weighted by molar-refractivity contribution is 0.0510. The topological polar surface area (TPSA) is 91.1 Å². The summed E-state index contributed by atoms with van der Waals surface area (Å²) in [4.78, 5) is 19.3. The summed E-state index contributed by atoms with van der Waals surface area (Å²) in [6, 6.07) is 8.91. The van der Waals surface area contributed by atoms with Crippen molar-refractivity contribution >= 4 is 27.8 Å². The Morgan fingerprint density at radius 1 is 1.07 bits per heavy atom. The average Bonchev–Trinajstić information content (AvgIpc) is 3.64. The molecular weight excluding hydrogens is 540 g/mol. The van der Waals surface area contributed by atoms with Gasteiger partial charge in [0.1, 0.15) is 17.7 Å². The molecule has 1 fully saturated rings. The van der Waals surface area contributed by atoms with E-state index in [0.717, 1.165) is 0 Å². The van der Waals surface area contributed by atoms with Crippen molar-refractivity contribution in [2.24, 2.45) is 5.16 Å². The first-order valence-corrected chi connectivity index (χ1v) is 15.3. The van der Waals surface area contributed by atoms with Gasteiger partial charge in [-0.15, -0.1) is 15.4 Å². The van der Waals surface area contributed by atoms with Crippen molar-refractivity contribution in [3.05, 3.63) is 66.0 Å². The molecule has 12 heteroatoms. The Morgan fingerprint density at radius 2 is 1.82 bits per heavy atom. The number of cyclic esters (lactones) is 1. The second kappa shape index (κ2) is 10.8. The molecule has 2 aliphatic heterocycles.